The van der Waals surface area contributed by atoms with E-state index in [9.17, 15) is 0 Å². The number of benzene rings is 4. The molecule has 0 radical (unpaired) electrons. The van der Waals surface area contributed by atoms with E-state index in [4.69, 9.17) is 9.47 Å². The van der Waals surface area contributed by atoms with Crippen molar-refractivity contribution in [2.45, 2.75) is 80.3 Å². The van der Waals surface area contributed by atoms with Crippen molar-refractivity contribution >= 4 is 10.8 Å². The minimum absolute atomic E-state index is 0.161. The van der Waals surface area contributed by atoms with Crippen LogP contribution in [0.25, 0.3) is 55.5 Å². The second-order valence-electron chi connectivity index (χ2n) is 13.5. The van der Waals surface area contributed by atoms with Gasteiger partial charge in [-0.2, -0.15) is 0 Å². The third-order valence-corrected chi connectivity index (χ3v) is 9.71. The van der Waals surface area contributed by atoms with Crippen LogP contribution in [0.3, 0.4) is 0 Å². The van der Waals surface area contributed by atoms with Crippen LogP contribution in [0.5, 0.6) is 11.5 Å². The zero-order chi connectivity index (χ0) is 36.8. The van der Waals surface area contributed by atoms with Crippen LogP contribution < -0.4 is 20.6 Å². The highest BCUT2D eigenvalue weighted by molar-refractivity contribution is 6.10. The average Bonchev–Trinajstić information content (AvgIpc) is 3.15. The number of hydrogen-bond acceptors (Lipinski definition) is 4. The summed E-state index contributed by atoms with van der Waals surface area (Å²) in [6.45, 7) is 14.5. The summed E-state index contributed by atoms with van der Waals surface area (Å²) in [5.41, 5.74) is 8.47. The molecule has 52 heavy (non-hydrogen) atoms. The fraction of sp³-hybridized carbons (Fsp3) is 0.304. The summed E-state index contributed by atoms with van der Waals surface area (Å²) in [6.07, 6.45) is 3.44. The van der Waals surface area contributed by atoms with E-state index in [-0.39, 0.29) is 11.1 Å². The molecule has 6 heteroatoms. The van der Waals surface area contributed by atoms with Crippen molar-refractivity contribution in [1.29, 1.82) is 0 Å². The number of aromatic nitrogens is 2. The Morgan fingerprint density at radius 1 is 0.462 bits per heavy atom. The molecule has 4 aromatic carbocycles. The van der Waals surface area contributed by atoms with E-state index in [2.05, 4.69) is 76.2 Å². The number of rotatable bonds is 14. The van der Waals surface area contributed by atoms with E-state index in [1.165, 1.54) is 0 Å². The van der Waals surface area contributed by atoms with Gasteiger partial charge >= 0.3 is 0 Å². The van der Waals surface area contributed by atoms with Gasteiger partial charge in [-0.3, -0.25) is 9.59 Å². The number of hydrogen-bond donors (Lipinski definition) is 0. The number of ether oxygens (including phenoxy) is 2. The Hall–Kier alpha value is -5.36. The smallest absolute Gasteiger partial charge is 0.259 e. The molecular formula is C46H50N2O4. The first-order valence-electron chi connectivity index (χ1n) is 18.8. The largest absolute Gasteiger partial charge is 0.494 e. The number of nitrogens with zero attached hydrogens (tertiary/aromatic N) is 2. The minimum Gasteiger partial charge on any atom is -0.494 e. The van der Waals surface area contributed by atoms with Gasteiger partial charge in [-0.05, 0) is 87.1 Å². The zero-order valence-corrected chi connectivity index (χ0v) is 31.4. The van der Waals surface area contributed by atoms with Crippen molar-refractivity contribution in [2.24, 2.45) is 0 Å². The van der Waals surface area contributed by atoms with E-state index in [0.29, 0.717) is 37.1 Å². The van der Waals surface area contributed by atoms with Crippen LogP contribution >= 0.6 is 0 Å². The Balaban J connectivity index is 1.89. The number of unbranched alkanes of at least 4 members (excludes halogenated alkanes) is 2. The number of aryl methyl sites for hydroxylation is 2. The van der Waals surface area contributed by atoms with Crippen LogP contribution in [0, 0.1) is 13.8 Å². The molecule has 6 rings (SSSR count). The highest BCUT2D eigenvalue weighted by atomic mass is 16.5. The van der Waals surface area contributed by atoms with Crippen LogP contribution in [0.2, 0.25) is 0 Å². The predicted octanol–water partition coefficient (Wildman–Crippen LogP) is 10.8. The van der Waals surface area contributed by atoms with E-state index < -0.39 is 0 Å². The molecule has 0 aliphatic carbocycles. The Labute approximate surface area is 307 Å². The van der Waals surface area contributed by atoms with Crippen molar-refractivity contribution in [1.82, 2.24) is 9.13 Å². The standard InChI is InChI=1S/C46H50N2O4/c1-7-11-29-47-43(35-17-13-31(5)14-18-35)39(33-21-25-37(26-22-33)51-9-3)42-41(45(47)49)40(34-23-27-38(28-24-34)52-10-4)44(36-19-15-32(6)16-20-36)48(46(42)50)30-12-8-2/h13-28H,7-12,29-30H2,1-6H3. The minimum atomic E-state index is -0.161. The summed E-state index contributed by atoms with van der Waals surface area (Å²) < 4.78 is 15.5. The highest BCUT2D eigenvalue weighted by Crippen LogP contribution is 2.43. The molecule has 2 heterocycles. The molecule has 0 aliphatic rings. The molecule has 0 amide bonds. The molecule has 0 atom stereocenters. The molecule has 0 unspecified atom stereocenters. The van der Waals surface area contributed by atoms with Gasteiger partial charge < -0.3 is 18.6 Å². The van der Waals surface area contributed by atoms with Gasteiger partial charge in [-0.1, -0.05) is 111 Å². The van der Waals surface area contributed by atoms with E-state index in [1.54, 1.807) is 0 Å². The molecule has 6 aromatic rings. The lowest BCUT2D eigenvalue weighted by atomic mass is 9.88. The van der Waals surface area contributed by atoms with Crippen molar-refractivity contribution in [2.75, 3.05) is 13.2 Å². The van der Waals surface area contributed by atoms with Gasteiger partial charge in [0.2, 0.25) is 0 Å². The second kappa shape index (κ2) is 16.3. The quantitative estimate of drug-likeness (QED) is 0.114. The Morgan fingerprint density at radius 3 is 1.10 bits per heavy atom. The molecule has 0 fully saturated rings. The lowest BCUT2D eigenvalue weighted by molar-refractivity contribution is 0.340. The molecule has 6 nitrogen and oxygen atoms in total. The van der Waals surface area contributed by atoms with Crippen LogP contribution in [0.4, 0.5) is 0 Å². The van der Waals surface area contributed by atoms with Crippen LogP contribution in [-0.2, 0) is 13.1 Å². The maximum absolute atomic E-state index is 15.5. The number of pyridine rings is 2. The van der Waals surface area contributed by atoms with Gasteiger partial charge in [-0.15, -0.1) is 0 Å². The van der Waals surface area contributed by atoms with Crippen LogP contribution in [-0.4, -0.2) is 22.3 Å². The zero-order valence-electron chi connectivity index (χ0n) is 31.4. The van der Waals surface area contributed by atoms with Gasteiger partial charge in [0, 0.05) is 24.2 Å². The Bertz CT molecular complexity index is 2100. The predicted molar refractivity (Wildman–Crippen MR) is 216 cm³/mol. The van der Waals surface area contributed by atoms with Crippen molar-refractivity contribution < 1.29 is 9.47 Å². The molecule has 0 saturated heterocycles. The maximum Gasteiger partial charge on any atom is 0.259 e. The first-order valence-corrected chi connectivity index (χ1v) is 18.8. The monoisotopic (exact) mass is 694 g/mol. The normalized spacial score (nSPS) is 11.3. The fourth-order valence-electron chi connectivity index (χ4n) is 7.07. The highest BCUT2D eigenvalue weighted by Gasteiger charge is 2.29. The third kappa shape index (κ3) is 7.20. The average molecular weight is 695 g/mol. The maximum atomic E-state index is 15.5. The van der Waals surface area contributed by atoms with Crippen LogP contribution in [0.1, 0.15) is 64.5 Å². The lowest BCUT2D eigenvalue weighted by Crippen LogP contribution is -2.30. The molecular weight excluding hydrogens is 645 g/mol. The molecule has 0 N–H and O–H groups in total. The third-order valence-electron chi connectivity index (χ3n) is 9.71. The molecule has 2 aromatic heterocycles. The summed E-state index contributed by atoms with van der Waals surface area (Å²) >= 11 is 0. The molecule has 0 aliphatic heterocycles. The summed E-state index contributed by atoms with van der Waals surface area (Å²) in [5.74, 6) is 1.51. The summed E-state index contributed by atoms with van der Waals surface area (Å²) in [6, 6.07) is 32.5. The Morgan fingerprint density at radius 2 is 0.788 bits per heavy atom. The molecule has 0 saturated carbocycles. The fourth-order valence-corrected chi connectivity index (χ4v) is 7.07. The van der Waals surface area contributed by atoms with E-state index >= 15 is 9.59 Å². The first-order chi connectivity index (χ1) is 25.3. The molecule has 0 spiro atoms. The summed E-state index contributed by atoms with van der Waals surface area (Å²) in [7, 11) is 0. The lowest BCUT2D eigenvalue weighted by Gasteiger charge is -2.25. The number of fused-ring (bicyclic) bond motifs is 1. The second-order valence-corrected chi connectivity index (χ2v) is 13.5. The SMILES string of the molecule is CCCCn1c(-c2ccc(C)cc2)c(-c2ccc(OCC)cc2)c2c(=O)n(CCCC)c(-c3ccc(C)cc3)c(-c3ccc(OCC)cc3)c2c1=O. The van der Waals surface area contributed by atoms with Crippen molar-refractivity contribution in [3.63, 3.8) is 0 Å². The van der Waals surface area contributed by atoms with Gasteiger partial charge in [0.25, 0.3) is 11.1 Å². The molecule has 0 bridgehead atoms. The Kier molecular flexibility index (Phi) is 11.4. The molecule has 268 valence electrons. The van der Waals surface area contributed by atoms with Gasteiger partial charge in [-0.25, -0.2) is 0 Å². The van der Waals surface area contributed by atoms with E-state index in [1.807, 2.05) is 71.5 Å². The van der Waals surface area contributed by atoms with Crippen molar-refractivity contribution in [3.05, 3.63) is 129 Å². The topological polar surface area (TPSA) is 62.5 Å². The van der Waals surface area contributed by atoms with E-state index in [0.717, 1.165) is 93.1 Å². The summed E-state index contributed by atoms with van der Waals surface area (Å²) in [5, 5.41) is 0.877. The first kappa shape index (κ1) is 36.4. The van der Waals surface area contributed by atoms with Gasteiger partial charge in [0.1, 0.15) is 11.5 Å². The van der Waals surface area contributed by atoms with Gasteiger partial charge in [0.05, 0.1) is 35.4 Å². The van der Waals surface area contributed by atoms with Gasteiger partial charge in [0.15, 0.2) is 0 Å². The summed E-state index contributed by atoms with van der Waals surface area (Å²) in [4.78, 5) is 30.9. The van der Waals surface area contributed by atoms with Crippen LogP contribution in [0.15, 0.2) is 107 Å². The van der Waals surface area contributed by atoms with Crippen molar-refractivity contribution in [3.8, 4) is 56.3 Å².